The number of esters is 1. The number of aromatic nitrogens is 2. The van der Waals surface area contributed by atoms with Crippen molar-refractivity contribution >= 4 is 29.2 Å². The van der Waals surface area contributed by atoms with E-state index in [-0.39, 0.29) is 11.9 Å². The molecule has 0 saturated carbocycles. The van der Waals surface area contributed by atoms with E-state index in [9.17, 15) is 18.0 Å². The Bertz CT molecular complexity index is 1790. The van der Waals surface area contributed by atoms with Crippen LogP contribution in [0.3, 0.4) is 0 Å². The molecule has 1 atom stereocenters. The Hall–Kier alpha value is -4.47. The van der Waals surface area contributed by atoms with Crippen LogP contribution in [0.1, 0.15) is 41.2 Å². The van der Waals surface area contributed by atoms with Gasteiger partial charge >= 0.3 is 12.1 Å². The first-order valence-electron chi connectivity index (χ1n) is 13.4. The van der Waals surface area contributed by atoms with Crippen molar-refractivity contribution in [1.29, 1.82) is 0 Å². The van der Waals surface area contributed by atoms with E-state index < -0.39 is 23.3 Å². The summed E-state index contributed by atoms with van der Waals surface area (Å²) in [7, 11) is 1.02. The maximum absolute atomic E-state index is 13.4. The molecular formula is C33H25Cl2F3N2O4. The SMILES string of the molecule is CCC(Oc1ccc(-c2cccc(Oc3ccc(C(F)(F)F)c(C(=O)OC)c3)c2)cc1)c1ncc(-c2ccc(Cl)cc2Cl)[nH]1. The second-order valence-corrected chi connectivity index (χ2v) is 10.5. The van der Waals surface area contributed by atoms with Crippen LogP contribution in [-0.4, -0.2) is 23.0 Å². The van der Waals surface area contributed by atoms with Crippen LogP contribution in [-0.2, 0) is 10.9 Å². The molecule has 0 fully saturated rings. The van der Waals surface area contributed by atoms with Crippen molar-refractivity contribution in [3.05, 3.63) is 118 Å². The van der Waals surface area contributed by atoms with E-state index in [1.807, 2.05) is 43.3 Å². The fourth-order valence-electron chi connectivity index (χ4n) is 4.56. The summed E-state index contributed by atoms with van der Waals surface area (Å²) in [4.78, 5) is 19.8. The smallest absolute Gasteiger partial charge is 0.417 e. The Morgan fingerprint density at radius 2 is 1.64 bits per heavy atom. The van der Waals surface area contributed by atoms with Gasteiger partial charge in [0.25, 0.3) is 0 Å². The van der Waals surface area contributed by atoms with Crippen LogP contribution >= 0.6 is 23.2 Å². The van der Waals surface area contributed by atoms with Crippen molar-refractivity contribution in [2.24, 2.45) is 0 Å². The van der Waals surface area contributed by atoms with Gasteiger partial charge in [0.15, 0.2) is 6.10 Å². The number of alkyl halides is 3. The highest BCUT2D eigenvalue weighted by Crippen LogP contribution is 2.36. The number of methoxy groups -OCH3 is 1. The molecule has 5 aromatic rings. The lowest BCUT2D eigenvalue weighted by molar-refractivity contribution is -0.138. The van der Waals surface area contributed by atoms with Crippen LogP contribution in [0.15, 0.2) is 91.1 Å². The summed E-state index contributed by atoms with van der Waals surface area (Å²) in [5, 5.41) is 1.06. The number of rotatable bonds is 9. The van der Waals surface area contributed by atoms with Crippen LogP contribution in [0, 0.1) is 0 Å². The van der Waals surface area contributed by atoms with Gasteiger partial charge in [-0.05, 0) is 78.2 Å². The van der Waals surface area contributed by atoms with Gasteiger partial charge in [0.1, 0.15) is 23.1 Å². The van der Waals surface area contributed by atoms with Gasteiger partial charge < -0.3 is 19.2 Å². The van der Waals surface area contributed by atoms with Crippen LogP contribution in [0.5, 0.6) is 17.2 Å². The number of H-pyrrole nitrogens is 1. The molecule has 0 spiro atoms. The summed E-state index contributed by atoms with van der Waals surface area (Å²) in [5.74, 6) is 0.613. The molecule has 226 valence electrons. The van der Waals surface area contributed by atoms with E-state index in [0.717, 1.165) is 47.7 Å². The van der Waals surface area contributed by atoms with E-state index >= 15 is 0 Å². The highest BCUT2D eigenvalue weighted by molar-refractivity contribution is 6.36. The van der Waals surface area contributed by atoms with Crippen molar-refractivity contribution in [2.45, 2.75) is 25.6 Å². The normalized spacial score (nSPS) is 12.1. The maximum atomic E-state index is 13.4. The Kier molecular flexibility index (Phi) is 9.17. The molecule has 0 bridgehead atoms. The quantitative estimate of drug-likeness (QED) is 0.162. The number of halogens is 5. The maximum Gasteiger partial charge on any atom is 0.417 e. The zero-order valence-electron chi connectivity index (χ0n) is 23.4. The molecule has 1 aromatic heterocycles. The molecule has 6 nitrogen and oxygen atoms in total. The third kappa shape index (κ3) is 7.01. The average Bonchev–Trinajstić information content (AvgIpc) is 3.49. The minimum atomic E-state index is -4.72. The first kappa shape index (κ1) is 31.0. The van der Waals surface area contributed by atoms with Crippen molar-refractivity contribution < 1.29 is 32.2 Å². The monoisotopic (exact) mass is 640 g/mol. The van der Waals surface area contributed by atoms with E-state index in [4.69, 9.17) is 32.7 Å². The number of imidazole rings is 1. The lowest BCUT2D eigenvalue weighted by atomic mass is 10.1. The molecule has 0 aliphatic rings. The molecule has 0 aliphatic carbocycles. The summed E-state index contributed by atoms with van der Waals surface area (Å²) in [6.45, 7) is 1.99. The average molecular weight is 641 g/mol. The van der Waals surface area contributed by atoms with E-state index in [1.54, 1.807) is 36.5 Å². The van der Waals surface area contributed by atoms with Crippen LogP contribution in [0.25, 0.3) is 22.4 Å². The topological polar surface area (TPSA) is 73.4 Å². The molecule has 0 radical (unpaired) electrons. The number of ether oxygens (including phenoxy) is 3. The molecule has 1 unspecified atom stereocenters. The third-order valence-electron chi connectivity index (χ3n) is 6.73. The standard InChI is InChI=1S/C33H25Cl2F3N2O4/c1-3-30(31-39-18-29(40-31)25-13-9-21(34)16-28(25)35)44-22-10-7-19(8-11-22)20-5-4-6-23(15-20)43-24-12-14-27(33(36,37)38)26(17-24)32(41)42-2/h4-18,30H,3H2,1-2H3,(H,39,40). The Morgan fingerprint density at radius 3 is 2.32 bits per heavy atom. The molecule has 4 aromatic carbocycles. The number of hydrogen-bond acceptors (Lipinski definition) is 5. The molecule has 11 heteroatoms. The molecular weight excluding hydrogens is 616 g/mol. The lowest BCUT2D eigenvalue weighted by Crippen LogP contribution is -2.14. The van der Waals surface area contributed by atoms with Crippen LogP contribution in [0.4, 0.5) is 13.2 Å². The summed E-state index contributed by atoms with van der Waals surface area (Å²) in [6.07, 6.45) is -2.70. The molecule has 44 heavy (non-hydrogen) atoms. The second-order valence-electron chi connectivity index (χ2n) is 9.67. The molecule has 0 amide bonds. The predicted octanol–water partition coefficient (Wildman–Crippen LogP) is 10.2. The van der Waals surface area contributed by atoms with Crippen molar-refractivity contribution in [3.63, 3.8) is 0 Å². The fourth-order valence-corrected chi connectivity index (χ4v) is 5.07. The molecule has 1 heterocycles. The largest absolute Gasteiger partial charge is 0.483 e. The number of aromatic amines is 1. The number of hydrogen-bond donors (Lipinski definition) is 1. The van der Waals surface area contributed by atoms with Crippen molar-refractivity contribution in [1.82, 2.24) is 9.97 Å². The Balaban J connectivity index is 1.30. The van der Waals surface area contributed by atoms with Gasteiger partial charge in [-0.2, -0.15) is 13.2 Å². The Labute approximate surface area is 261 Å². The van der Waals surface area contributed by atoms with Gasteiger partial charge in [0.2, 0.25) is 0 Å². The molecule has 1 N–H and O–H groups in total. The molecule has 5 rings (SSSR count). The molecule has 0 saturated heterocycles. The first-order chi connectivity index (χ1) is 21.0. The predicted molar refractivity (Wildman–Crippen MR) is 162 cm³/mol. The highest BCUT2D eigenvalue weighted by Gasteiger charge is 2.36. The van der Waals surface area contributed by atoms with Crippen molar-refractivity contribution in [2.75, 3.05) is 7.11 Å². The van der Waals surface area contributed by atoms with E-state index in [1.165, 1.54) is 0 Å². The second kappa shape index (κ2) is 13.0. The minimum absolute atomic E-state index is 0.0596. The van der Waals surface area contributed by atoms with Gasteiger partial charge in [0.05, 0.1) is 35.2 Å². The van der Waals surface area contributed by atoms with E-state index in [0.29, 0.717) is 33.8 Å². The van der Waals surface area contributed by atoms with E-state index in [2.05, 4.69) is 14.7 Å². The van der Waals surface area contributed by atoms with Gasteiger partial charge in [0, 0.05) is 10.6 Å². The zero-order chi connectivity index (χ0) is 31.4. The van der Waals surface area contributed by atoms with Crippen molar-refractivity contribution in [3.8, 4) is 39.6 Å². The van der Waals surface area contributed by atoms with Crippen LogP contribution < -0.4 is 9.47 Å². The number of nitrogens with zero attached hydrogens (tertiary/aromatic N) is 1. The summed E-state index contributed by atoms with van der Waals surface area (Å²) in [6, 6.07) is 22.7. The summed E-state index contributed by atoms with van der Waals surface area (Å²) in [5.41, 5.74) is 1.46. The summed E-state index contributed by atoms with van der Waals surface area (Å²) >= 11 is 12.4. The van der Waals surface area contributed by atoms with Gasteiger partial charge in [-0.25, -0.2) is 9.78 Å². The summed E-state index contributed by atoms with van der Waals surface area (Å²) < 4.78 is 56.7. The fraction of sp³-hybridized carbons (Fsp3) is 0.152. The Morgan fingerprint density at radius 1 is 0.909 bits per heavy atom. The van der Waals surface area contributed by atoms with Gasteiger partial charge in [-0.1, -0.05) is 54.4 Å². The first-order valence-corrected chi connectivity index (χ1v) is 14.2. The van der Waals surface area contributed by atoms with Gasteiger partial charge in [-0.15, -0.1) is 0 Å². The third-order valence-corrected chi connectivity index (χ3v) is 7.28. The molecule has 0 aliphatic heterocycles. The number of carbonyl (C=O) groups is 1. The van der Waals surface area contributed by atoms with Gasteiger partial charge in [-0.3, -0.25) is 0 Å². The zero-order valence-corrected chi connectivity index (χ0v) is 24.9. The van der Waals surface area contributed by atoms with Crippen LogP contribution in [0.2, 0.25) is 10.0 Å². The number of carbonyl (C=O) groups excluding carboxylic acids is 1. The number of benzene rings is 4. The minimum Gasteiger partial charge on any atom is -0.483 e. The highest BCUT2D eigenvalue weighted by atomic mass is 35.5. The number of nitrogens with one attached hydrogen (secondary N) is 1. The lowest BCUT2D eigenvalue weighted by Gasteiger charge is -2.16.